The summed E-state index contributed by atoms with van der Waals surface area (Å²) in [5.41, 5.74) is 0.211. The maximum atomic E-state index is 12.8. The Morgan fingerprint density at radius 1 is 1.23 bits per heavy atom. The molecule has 8 nitrogen and oxygen atoms in total. The highest BCUT2D eigenvalue weighted by Gasteiger charge is 2.78. The van der Waals surface area contributed by atoms with Gasteiger partial charge in [0, 0.05) is 19.3 Å². The second-order valence-corrected chi connectivity index (χ2v) is 8.72. The number of ether oxygens (including phenoxy) is 4. The number of epoxide rings is 1. The van der Waals surface area contributed by atoms with Crippen LogP contribution < -0.4 is 0 Å². The van der Waals surface area contributed by atoms with E-state index in [4.69, 9.17) is 18.9 Å². The number of carbonyl (C=O) groups excluding carboxylic acids is 3. The van der Waals surface area contributed by atoms with Crippen LogP contribution in [0.2, 0.25) is 0 Å². The molecule has 0 unspecified atom stereocenters. The van der Waals surface area contributed by atoms with E-state index in [9.17, 15) is 19.5 Å². The lowest BCUT2D eigenvalue weighted by Crippen LogP contribution is -2.61. The Hall–Kier alpha value is -2.29. The van der Waals surface area contributed by atoms with E-state index >= 15 is 0 Å². The minimum Gasteiger partial charge on any atom is -0.457 e. The third-order valence-electron chi connectivity index (χ3n) is 6.38. The van der Waals surface area contributed by atoms with E-state index in [0.29, 0.717) is 12.0 Å². The van der Waals surface area contributed by atoms with E-state index < -0.39 is 53.7 Å². The molecule has 0 aromatic rings. The molecule has 4 aliphatic rings. The molecular weight excluding hydrogens is 392 g/mol. The molecule has 3 saturated heterocycles. The first-order valence-corrected chi connectivity index (χ1v) is 10.0. The first kappa shape index (κ1) is 21.0. The zero-order chi connectivity index (χ0) is 22.0. The first-order valence-electron chi connectivity index (χ1n) is 10.0. The van der Waals surface area contributed by atoms with Gasteiger partial charge in [0.15, 0.2) is 11.9 Å². The second-order valence-electron chi connectivity index (χ2n) is 8.72. The van der Waals surface area contributed by atoms with Crippen molar-refractivity contribution in [1.29, 1.82) is 0 Å². The van der Waals surface area contributed by atoms with Crippen molar-refractivity contribution in [1.82, 2.24) is 0 Å². The first-order chi connectivity index (χ1) is 14.0. The SMILES string of the molecule is C=C(C)[C@H]1C[C@@H]2O[C@@](O)(/C(C)=C\C(=O)/C=C(/C)C[C@H]3OC(=O)[C@@]24O[C@H]34)[C@@H]1OC(C)=O. The second kappa shape index (κ2) is 6.87. The number of carbonyl (C=O) groups is 3. The fraction of sp³-hybridized carbons (Fsp3) is 0.591. The summed E-state index contributed by atoms with van der Waals surface area (Å²) in [5, 5.41) is 11.6. The summed E-state index contributed by atoms with van der Waals surface area (Å²) in [5.74, 6) is -4.18. The lowest BCUT2D eigenvalue weighted by molar-refractivity contribution is -0.300. The van der Waals surface area contributed by atoms with E-state index in [-0.39, 0.29) is 17.8 Å². The zero-order valence-electron chi connectivity index (χ0n) is 17.5. The van der Waals surface area contributed by atoms with Crippen LogP contribution in [0.4, 0.5) is 0 Å². The highest BCUT2D eigenvalue weighted by Crippen LogP contribution is 2.56. The van der Waals surface area contributed by atoms with Crippen LogP contribution in [0.15, 0.2) is 35.5 Å². The van der Waals surface area contributed by atoms with Gasteiger partial charge in [-0.1, -0.05) is 17.7 Å². The fourth-order valence-electron chi connectivity index (χ4n) is 4.84. The Labute approximate surface area is 174 Å². The molecule has 0 saturated carbocycles. The highest BCUT2D eigenvalue weighted by molar-refractivity contribution is 6.00. The standard InChI is InChI=1S/C22H26O8/c1-10(2)15-9-17-21-19(30-21)16(28-20(21)25)7-11(3)6-14(24)8-12(4)22(26,29-17)18(15)27-13(5)23/h6,8,15-19,26H,1,7,9H2,2-5H3/b11-6-,12-8-/t15-,16-,17+,18-,19-,21-,22+/m1/s1. The van der Waals surface area contributed by atoms with Gasteiger partial charge in [0.05, 0.1) is 0 Å². The molecule has 0 aromatic heterocycles. The summed E-state index contributed by atoms with van der Waals surface area (Å²) in [6, 6.07) is 0. The molecule has 3 fully saturated rings. The normalized spacial score (nSPS) is 46.1. The van der Waals surface area contributed by atoms with Crippen molar-refractivity contribution in [3.05, 3.63) is 35.5 Å². The topological polar surface area (TPSA) is 112 Å². The number of esters is 2. The third-order valence-corrected chi connectivity index (χ3v) is 6.38. The van der Waals surface area contributed by atoms with Gasteiger partial charge in [0.25, 0.3) is 0 Å². The lowest BCUT2D eigenvalue weighted by Gasteiger charge is -2.48. The molecule has 4 bridgehead atoms. The molecule has 0 aromatic carbocycles. The number of rotatable bonds is 2. The van der Waals surface area contributed by atoms with Crippen LogP contribution >= 0.6 is 0 Å². The maximum absolute atomic E-state index is 12.8. The Morgan fingerprint density at radius 3 is 2.53 bits per heavy atom. The molecule has 4 rings (SSSR count). The predicted molar refractivity (Wildman–Crippen MR) is 103 cm³/mol. The van der Waals surface area contributed by atoms with Gasteiger partial charge in [-0.3, -0.25) is 9.59 Å². The molecule has 4 aliphatic heterocycles. The van der Waals surface area contributed by atoms with Crippen molar-refractivity contribution in [3.63, 3.8) is 0 Å². The molecule has 4 heterocycles. The van der Waals surface area contributed by atoms with Crippen molar-refractivity contribution in [2.75, 3.05) is 0 Å². The van der Waals surface area contributed by atoms with Crippen molar-refractivity contribution >= 4 is 17.7 Å². The van der Waals surface area contributed by atoms with Gasteiger partial charge in [0.1, 0.15) is 18.3 Å². The summed E-state index contributed by atoms with van der Waals surface area (Å²) in [6.07, 6.45) is 0.227. The van der Waals surface area contributed by atoms with Gasteiger partial charge in [-0.15, -0.1) is 0 Å². The van der Waals surface area contributed by atoms with E-state index in [2.05, 4.69) is 6.58 Å². The van der Waals surface area contributed by atoms with Crippen molar-refractivity contribution in [2.45, 2.75) is 76.3 Å². The summed E-state index contributed by atoms with van der Waals surface area (Å²) >= 11 is 0. The molecule has 30 heavy (non-hydrogen) atoms. The van der Waals surface area contributed by atoms with E-state index in [1.807, 2.05) is 0 Å². The Kier molecular flexibility index (Phi) is 4.80. The van der Waals surface area contributed by atoms with Crippen LogP contribution in [-0.2, 0) is 33.3 Å². The van der Waals surface area contributed by atoms with Gasteiger partial charge < -0.3 is 24.1 Å². The number of hydrogen-bond acceptors (Lipinski definition) is 8. The zero-order valence-corrected chi connectivity index (χ0v) is 17.5. The Morgan fingerprint density at radius 2 is 1.93 bits per heavy atom. The van der Waals surface area contributed by atoms with Gasteiger partial charge in [-0.25, -0.2) is 4.79 Å². The third kappa shape index (κ3) is 3.05. The minimum absolute atomic E-state index is 0.163. The van der Waals surface area contributed by atoms with Gasteiger partial charge in [-0.2, -0.15) is 0 Å². The van der Waals surface area contributed by atoms with E-state index in [1.54, 1.807) is 13.8 Å². The van der Waals surface area contributed by atoms with Crippen LogP contribution in [0.25, 0.3) is 0 Å². The summed E-state index contributed by atoms with van der Waals surface area (Å²) in [7, 11) is 0. The van der Waals surface area contributed by atoms with E-state index in [1.165, 1.54) is 26.0 Å². The van der Waals surface area contributed by atoms with Crippen molar-refractivity contribution < 1.29 is 38.4 Å². The Bertz CT molecular complexity index is 901. The van der Waals surface area contributed by atoms with Crippen molar-refractivity contribution in [2.24, 2.45) is 5.92 Å². The van der Waals surface area contributed by atoms with Gasteiger partial charge in [-0.05, 0) is 44.9 Å². The van der Waals surface area contributed by atoms with Crippen LogP contribution in [0, 0.1) is 5.92 Å². The number of fused-ring (bicyclic) bond motifs is 2. The minimum atomic E-state index is -2.14. The van der Waals surface area contributed by atoms with Gasteiger partial charge >= 0.3 is 11.9 Å². The molecule has 8 heteroatoms. The molecular formula is C22H26O8. The Balaban J connectivity index is 1.86. The fourth-order valence-corrected chi connectivity index (χ4v) is 4.84. The monoisotopic (exact) mass is 418 g/mol. The van der Waals surface area contributed by atoms with Crippen LogP contribution in [0.1, 0.15) is 40.5 Å². The van der Waals surface area contributed by atoms with Crippen LogP contribution in [0.3, 0.4) is 0 Å². The highest BCUT2D eigenvalue weighted by atomic mass is 16.7. The largest absolute Gasteiger partial charge is 0.457 e. The quantitative estimate of drug-likeness (QED) is 0.408. The molecule has 7 atom stereocenters. The number of ketones is 1. The van der Waals surface area contributed by atoms with Gasteiger partial charge in [0.2, 0.25) is 11.4 Å². The molecule has 0 aliphatic carbocycles. The molecule has 0 radical (unpaired) electrons. The lowest BCUT2D eigenvalue weighted by atomic mass is 9.76. The number of allylic oxidation sites excluding steroid dienone is 2. The number of aliphatic hydroxyl groups is 1. The summed E-state index contributed by atoms with van der Waals surface area (Å²) < 4.78 is 22.9. The molecule has 0 amide bonds. The molecule has 162 valence electrons. The summed E-state index contributed by atoms with van der Waals surface area (Å²) in [6.45, 7) is 10.3. The molecule has 0 spiro atoms. The smallest absolute Gasteiger partial charge is 0.344 e. The summed E-state index contributed by atoms with van der Waals surface area (Å²) in [4.78, 5) is 37.2. The van der Waals surface area contributed by atoms with Crippen LogP contribution in [-0.4, -0.2) is 58.6 Å². The van der Waals surface area contributed by atoms with E-state index in [0.717, 1.165) is 5.57 Å². The molecule has 1 N–H and O–H groups in total. The average molecular weight is 418 g/mol. The predicted octanol–water partition coefficient (Wildman–Crippen LogP) is 1.52. The maximum Gasteiger partial charge on any atom is 0.344 e. The van der Waals surface area contributed by atoms with Crippen LogP contribution in [0.5, 0.6) is 0 Å². The van der Waals surface area contributed by atoms with Crippen molar-refractivity contribution in [3.8, 4) is 0 Å². The number of hydrogen-bond donors (Lipinski definition) is 1. The average Bonchev–Trinajstić information content (AvgIpc) is 3.32.